The standard InChI is InChI=1S/C19H23N3OS/c1-13(2)22-14(3)21-17-11-15(6-7-18(17)22)8-9-20-19(23)12-16-5-4-10-24-16/h4-7,10-11,13H,8-9,12H2,1-3H3,(H,20,23). The van der Waals surface area contributed by atoms with Crippen LogP contribution in [0.1, 0.15) is 36.2 Å². The first-order valence-corrected chi connectivity index (χ1v) is 9.19. The molecule has 0 spiro atoms. The first-order valence-electron chi connectivity index (χ1n) is 8.31. The van der Waals surface area contributed by atoms with E-state index < -0.39 is 0 Å². The summed E-state index contributed by atoms with van der Waals surface area (Å²) in [7, 11) is 0. The molecule has 3 aromatic rings. The lowest BCUT2D eigenvalue weighted by atomic mass is 10.1. The first-order chi connectivity index (χ1) is 11.5. The summed E-state index contributed by atoms with van der Waals surface area (Å²) in [6.45, 7) is 7.04. The highest BCUT2D eigenvalue weighted by Crippen LogP contribution is 2.21. The number of imidazole rings is 1. The van der Waals surface area contributed by atoms with Gasteiger partial charge in [0.25, 0.3) is 0 Å². The van der Waals surface area contributed by atoms with Crippen LogP contribution in [-0.2, 0) is 17.6 Å². The molecule has 0 radical (unpaired) electrons. The highest BCUT2D eigenvalue weighted by atomic mass is 32.1. The normalized spacial score (nSPS) is 11.3. The monoisotopic (exact) mass is 341 g/mol. The van der Waals surface area contributed by atoms with Crippen LogP contribution in [0.2, 0.25) is 0 Å². The minimum absolute atomic E-state index is 0.0819. The van der Waals surface area contributed by atoms with Crippen LogP contribution in [0.15, 0.2) is 35.7 Å². The molecule has 0 aliphatic rings. The maximum Gasteiger partial charge on any atom is 0.225 e. The minimum atomic E-state index is 0.0819. The highest BCUT2D eigenvalue weighted by molar-refractivity contribution is 7.10. The lowest BCUT2D eigenvalue weighted by molar-refractivity contribution is -0.120. The largest absolute Gasteiger partial charge is 0.355 e. The molecule has 1 N–H and O–H groups in total. The molecule has 0 unspecified atom stereocenters. The number of aryl methyl sites for hydroxylation is 1. The van der Waals surface area contributed by atoms with E-state index in [1.165, 1.54) is 11.1 Å². The van der Waals surface area contributed by atoms with Gasteiger partial charge in [0.05, 0.1) is 17.5 Å². The van der Waals surface area contributed by atoms with Gasteiger partial charge in [-0.05, 0) is 56.3 Å². The molecule has 1 aromatic carbocycles. The number of hydrogen-bond donors (Lipinski definition) is 1. The topological polar surface area (TPSA) is 46.9 Å². The van der Waals surface area contributed by atoms with E-state index in [-0.39, 0.29) is 5.91 Å². The van der Waals surface area contributed by atoms with Gasteiger partial charge in [0.2, 0.25) is 5.91 Å². The van der Waals surface area contributed by atoms with Crippen LogP contribution in [0.25, 0.3) is 11.0 Å². The maximum absolute atomic E-state index is 11.9. The smallest absolute Gasteiger partial charge is 0.225 e. The van der Waals surface area contributed by atoms with Crippen molar-refractivity contribution in [2.75, 3.05) is 6.54 Å². The van der Waals surface area contributed by atoms with Gasteiger partial charge in [-0.15, -0.1) is 11.3 Å². The molecule has 2 aromatic heterocycles. The summed E-state index contributed by atoms with van der Waals surface area (Å²) in [5.74, 6) is 1.12. The molecule has 126 valence electrons. The number of fused-ring (bicyclic) bond motifs is 1. The van der Waals surface area contributed by atoms with Crippen molar-refractivity contribution in [1.29, 1.82) is 0 Å². The Balaban J connectivity index is 1.60. The zero-order valence-electron chi connectivity index (χ0n) is 14.4. The Morgan fingerprint density at radius 1 is 1.33 bits per heavy atom. The predicted octanol–water partition coefficient (Wildman–Crippen LogP) is 3.89. The summed E-state index contributed by atoms with van der Waals surface area (Å²) in [5, 5.41) is 4.99. The van der Waals surface area contributed by atoms with Crippen LogP contribution >= 0.6 is 11.3 Å². The van der Waals surface area contributed by atoms with Crippen molar-refractivity contribution >= 4 is 28.3 Å². The molecule has 0 atom stereocenters. The molecule has 1 amide bonds. The number of benzene rings is 1. The number of thiophene rings is 1. The molecule has 24 heavy (non-hydrogen) atoms. The number of aromatic nitrogens is 2. The van der Waals surface area contributed by atoms with Gasteiger partial charge in [-0.1, -0.05) is 12.1 Å². The van der Waals surface area contributed by atoms with Gasteiger partial charge in [0, 0.05) is 17.5 Å². The predicted molar refractivity (Wildman–Crippen MR) is 99.6 cm³/mol. The molecule has 0 saturated heterocycles. The molecule has 0 saturated carbocycles. The molecular formula is C19H23N3OS. The van der Waals surface area contributed by atoms with E-state index in [1.54, 1.807) is 11.3 Å². The van der Waals surface area contributed by atoms with Crippen molar-refractivity contribution in [3.05, 3.63) is 52.0 Å². The third-order valence-corrected chi connectivity index (χ3v) is 4.97. The number of carbonyl (C=O) groups excluding carboxylic acids is 1. The third-order valence-electron chi connectivity index (χ3n) is 4.10. The minimum Gasteiger partial charge on any atom is -0.355 e. The maximum atomic E-state index is 11.9. The Labute approximate surface area is 146 Å². The van der Waals surface area contributed by atoms with Crippen molar-refractivity contribution in [2.24, 2.45) is 0 Å². The number of carbonyl (C=O) groups is 1. The fraction of sp³-hybridized carbons (Fsp3) is 0.368. The molecule has 5 heteroatoms. The van der Waals surface area contributed by atoms with E-state index in [1.807, 2.05) is 24.4 Å². The third kappa shape index (κ3) is 3.67. The average Bonchev–Trinajstić information content (AvgIpc) is 3.13. The van der Waals surface area contributed by atoms with Crippen molar-refractivity contribution in [2.45, 2.75) is 39.7 Å². The van der Waals surface area contributed by atoms with Crippen molar-refractivity contribution in [1.82, 2.24) is 14.9 Å². The van der Waals surface area contributed by atoms with E-state index >= 15 is 0 Å². The summed E-state index contributed by atoms with van der Waals surface area (Å²) < 4.78 is 2.25. The van der Waals surface area contributed by atoms with Crippen LogP contribution in [0.5, 0.6) is 0 Å². The van der Waals surface area contributed by atoms with Crippen molar-refractivity contribution in [3.63, 3.8) is 0 Å². The summed E-state index contributed by atoms with van der Waals surface area (Å²) in [4.78, 5) is 17.7. The van der Waals surface area contributed by atoms with Crippen LogP contribution in [0.4, 0.5) is 0 Å². The number of nitrogens with zero attached hydrogens (tertiary/aromatic N) is 2. The second-order valence-corrected chi connectivity index (χ2v) is 7.33. The number of amides is 1. The molecule has 0 fully saturated rings. The van der Waals surface area contributed by atoms with E-state index in [4.69, 9.17) is 0 Å². The second-order valence-electron chi connectivity index (χ2n) is 6.30. The van der Waals surface area contributed by atoms with Crippen LogP contribution in [0, 0.1) is 6.92 Å². The lowest BCUT2D eigenvalue weighted by Gasteiger charge is -2.11. The zero-order chi connectivity index (χ0) is 17.1. The average molecular weight is 341 g/mol. The molecule has 4 nitrogen and oxygen atoms in total. The highest BCUT2D eigenvalue weighted by Gasteiger charge is 2.10. The van der Waals surface area contributed by atoms with Gasteiger partial charge in [0.1, 0.15) is 5.82 Å². The van der Waals surface area contributed by atoms with E-state index in [0.29, 0.717) is 19.0 Å². The van der Waals surface area contributed by atoms with Gasteiger partial charge in [0.15, 0.2) is 0 Å². The summed E-state index contributed by atoms with van der Waals surface area (Å²) in [5.41, 5.74) is 3.41. The fourth-order valence-electron chi connectivity index (χ4n) is 3.05. The van der Waals surface area contributed by atoms with Gasteiger partial charge in [-0.25, -0.2) is 4.98 Å². The molecule has 2 heterocycles. The first kappa shape index (κ1) is 16.7. The quantitative estimate of drug-likeness (QED) is 0.739. The Kier molecular flexibility index (Phi) is 5.00. The molecule has 0 aliphatic carbocycles. The second kappa shape index (κ2) is 7.18. The van der Waals surface area contributed by atoms with Gasteiger partial charge >= 0.3 is 0 Å². The summed E-state index contributed by atoms with van der Waals surface area (Å²) in [6, 6.07) is 10.8. The summed E-state index contributed by atoms with van der Waals surface area (Å²) >= 11 is 1.62. The van der Waals surface area contributed by atoms with Gasteiger partial charge < -0.3 is 9.88 Å². The Bertz CT molecular complexity index is 834. The number of nitrogens with one attached hydrogen (secondary N) is 1. The fourth-order valence-corrected chi connectivity index (χ4v) is 3.76. The van der Waals surface area contributed by atoms with Crippen molar-refractivity contribution in [3.8, 4) is 0 Å². The SMILES string of the molecule is Cc1nc2cc(CCNC(=O)Cc3cccs3)ccc2n1C(C)C. The van der Waals surface area contributed by atoms with E-state index in [9.17, 15) is 4.79 Å². The summed E-state index contributed by atoms with van der Waals surface area (Å²) in [6.07, 6.45) is 1.29. The van der Waals surface area contributed by atoms with E-state index in [2.05, 4.69) is 46.9 Å². The Hall–Kier alpha value is -2.14. The molecule has 0 aliphatic heterocycles. The van der Waals surface area contributed by atoms with Crippen LogP contribution in [-0.4, -0.2) is 22.0 Å². The molecule has 3 rings (SSSR count). The van der Waals surface area contributed by atoms with E-state index in [0.717, 1.165) is 22.6 Å². The van der Waals surface area contributed by atoms with Gasteiger partial charge in [-0.2, -0.15) is 0 Å². The van der Waals surface area contributed by atoms with Crippen LogP contribution < -0.4 is 5.32 Å². The lowest BCUT2D eigenvalue weighted by Crippen LogP contribution is -2.26. The van der Waals surface area contributed by atoms with Crippen LogP contribution in [0.3, 0.4) is 0 Å². The number of rotatable bonds is 6. The van der Waals surface area contributed by atoms with Crippen molar-refractivity contribution < 1.29 is 4.79 Å². The Morgan fingerprint density at radius 3 is 2.88 bits per heavy atom. The van der Waals surface area contributed by atoms with Gasteiger partial charge in [-0.3, -0.25) is 4.79 Å². The zero-order valence-corrected chi connectivity index (χ0v) is 15.2. The molecular weight excluding hydrogens is 318 g/mol. The molecule has 0 bridgehead atoms. The number of hydrogen-bond acceptors (Lipinski definition) is 3. The Morgan fingerprint density at radius 2 is 2.17 bits per heavy atom.